The predicted molar refractivity (Wildman–Crippen MR) is 101 cm³/mol. The highest BCUT2D eigenvalue weighted by Gasteiger charge is 2.11. The van der Waals surface area contributed by atoms with Gasteiger partial charge in [0.2, 0.25) is 0 Å². The van der Waals surface area contributed by atoms with Crippen molar-refractivity contribution in [2.75, 3.05) is 19.8 Å². The number of nitrogens with one attached hydrogen (secondary N) is 1. The fraction of sp³-hybridized carbons (Fsp3) is 0.300. The van der Waals surface area contributed by atoms with E-state index >= 15 is 0 Å². The van der Waals surface area contributed by atoms with E-state index in [0.717, 1.165) is 11.1 Å². The first-order valence-corrected chi connectivity index (χ1v) is 8.73. The van der Waals surface area contributed by atoms with Crippen LogP contribution in [0, 0.1) is 5.92 Å². The first-order chi connectivity index (χ1) is 12.5. The van der Waals surface area contributed by atoms with Gasteiger partial charge in [-0.25, -0.2) is 4.79 Å². The average Bonchev–Trinajstić information content (AvgIpc) is 2.64. The van der Waals surface area contributed by atoms with Crippen LogP contribution in [0.25, 0.3) is 11.1 Å². The Kier molecular flexibility index (Phi) is 7.48. The highest BCUT2D eigenvalue weighted by Crippen LogP contribution is 2.30. The fourth-order valence-electron chi connectivity index (χ4n) is 2.12. The Balaban J connectivity index is 1.82. The lowest BCUT2D eigenvalue weighted by atomic mass is 10.1. The number of hydrogen-bond donors (Lipinski definition) is 1. The SMILES string of the molecule is CC(C)CNC(=O)COC(=O)COc1ccc(-c2ccccc2)cc1Cl. The smallest absolute Gasteiger partial charge is 0.344 e. The zero-order chi connectivity index (χ0) is 18.9. The van der Waals surface area contributed by atoms with E-state index in [2.05, 4.69) is 5.32 Å². The lowest BCUT2D eigenvalue weighted by molar-refractivity contribution is -0.150. The Hall–Kier alpha value is -2.53. The molecule has 26 heavy (non-hydrogen) atoms. The van der Waals surface area contributed by atoms with Crippen molar-refractivity contribution in [2.45, 2.75) is 13.8 Å². The molecule has 0 aromatic heterocycles. The Morgan fingerprint density at radius 2 is 1.77 bits per heavy atom. The summed E-state index contributed by atoms with van der Waals surface area (Å²) in [4.78, 5) is 23.2. The fourth-order valence-corrected chi connectivity index (χ4v) is 2.36. The summed E-state index contributed by atoms with van der Waals surface area (Å²) < 4.78 is 10.3. The number of benzene rings is 2. The number of ether oxygens (including phenoxy) is 2. The van der Waals surface area contributed by atoms with Gasteiger partial charge in [0.15, 0.2) is 13.2 Å². The summed E-state index contributed by atoms with van der Waals surface area (Å²) in [6.45, 7) is 3.85. The van der Waals surface area contributed by atoms with Gasteiger partial charge in [-0.05, 0) is 29.2 Å². The highest BCUT2D eigenvalue weighted by atomic mass is 35.5. The van der Waals surface area contributed by atoms with Crippen LogP contribution in [0.3, 0.4) is 0 Å². The van der Waals surface area contributed by atoms with E-state index in [0.29, 0.717) is 23.2 Å². The molecule has 0 heterocycles. The number of hydrogen-bond acceptors (Lipinski definition) is 4. The number of esters is 1. The number of amides is 1. The largest absolute Gasteiger partial charge is 0.480 e. The third-order valence-corrected chi connectivity index (χ3v) is 3.75. The highest BCUT2D eigenvalue weighted by molar-refractivity contribution is 6.32. The summed E-state index contributed by atoms with van der Waals surface area (Å²) in [7, 11) is 0. The molecule has 1 amide bonds. The van der Waals surface area contributed by atoms with Gasteiger partial charge in [-0.1, -0.05) is 61.8 Å². The Bertz CT molecular complexity index is 747. The van der Waals surface area contributed by atoms with Crippen LogP contribution < -0.4 is 10.1 Å². The molecule has 2 rings (SSSR count). The van der Waals surface area contributed by atoms with Crippen LogP contribution >= 0.6 is 11.6 Å². The Labute approximate surface area is 158 Å². The molecule has 138 valence electrons. The average molecular weight is 376 g/mol. The van der Waals surface area contributed by atoms with E-state index < -0.39 is 5.97 Å². The zero-order valence-electron chi connectivity index (χ0n) is 14.8. The molecule has 0 unspecified atom stereocenters. The van der Waals surface area contributed by atoms with E-state index in [1.54, 1.807) is 12.1 Å². The summed E-state index contributed by atoms with van der Waals surface area (Å²) in [5, 5.41) is 3.06. The van der Waals surface area contributed by atoms with Crippen molar-refractivity contribution >= 4 is 23.5 Å². The normalized spacial score (nSPS) is 10.5. The van der Waals surface area contributed by atoms with Gasteiger partial charge in [0.25, 0.3) is 5.91 Å². The topological polar surface area (TPSA) is 64.6 Å². The van der Waals surface area contributed by atoms with Crippen LogP contribution in [-0.4, -0.2) is 31.6 Å². The Morgan fingerprint density at radius 1 is 1.04 bits per heavy atom. The number of rotatable bonds is 8. The van der Waals surface area contributed by atoms with Crippen LogP contribution in [-0.2, 0) is 14.3 Å². The molecule has 0 atom stereocenters. The first kappa shape index (κ1) is 19.8. The minimum Gasteiger partial charge on any atom is -0.480 e. The summed E-state index contributed by atoms with van der Waals surface area (Å²) in [5.41, 5.74) is 1.99. The van der Waals surface area contributed by atoms with Crippen molar-refractivity contribution in [3.05, 3.63) is 53.6 Å². The minimum absolute atomic E-state index is 0.318. The van der Waals surface area contributed by atoms with Crippen molar-refractivity contribution in [1.29, 1.82) is 0 Å². The molecule has 0 aliphatic heterocycles. The number of halogens is 1. The molecule has 0 saturated carbocycles. The number of carbonyl (C=O) groups is 2. The van der Waals surface area contributed by atoms with Crippen LogP contribution in [0.5, 0.6) is 5.75 Å². The lowest BCUT2D eigenvalue weighted by Crippen LogP contribution is -2.32. The Morgan fingerprint density at radius 3 is 2.42 bits per heavy atom. The van der Waals surface area contributed by atoms with Gasteiger partial charge in [0.05, 0.1) is 5.02 Å². The molecule has 1 N–H and O–H groups in total. The molecule has 2 aromatic rings. The molecular formula is C20H22ClNO4. The third kappa shape index (κ3) is 6.41. The summed E-state index contributed by atoms with van der Waals surface area (Å²) in [6, 6.07) is 15.1. The molecule has 0 aliphatic carbocycles. The maximum Gasteiger partial charge on any atom is 0.344 e. The molecule has 0 aliphatic rings. The lowest BCUT2D eigenvalue weighted by Gasteiger charge is -2.10. The van der Waals surface area contributed by atoms with Crippen molar-refractivity contribution in [3.63, 3.8) is 0 Å². The van der Waals surface area contributed by atoms with Gasteiger partial charge >= 0.3 is 5.97 Å². The van der Waals surface area contributed by atoms with E-state index in [1.807, 2.05) is 50.2 Å². The van der Waals surface area contributed by atoms with Gasteiger partial charge in [-0.15, -0.1) is 0 Å². The molecule has 0 radical (unpaired) electrons. The monoisotopic (exact) mass is 375 g/mol. The van der Waals surface area contributed by atoms with E-state index in [-0.39, 0.29) is 19.1 Å². The van der Waals surface area contributed by atoms with Crippen LogP contribution in [0.1, 0.15) is 13.8 Å². The maximum atomic E-state index is 11.7. The zero-order valence-corrected chi connectivity index (χ0v) is 15.6. The molecule has 0 bridgehead atoms. The summed E-state index contributed by atoms with van der Waals surface area (Å²) in [6.07, 6.45) is 0. The van der Waals surface area contributed by atoms with Gasteiger partial charge in [-0.3, -0.25) is 4.79 Å². The second-order valence-electron chi connectivity index (χ2n) is 6.16. The van der Waals surface area contributed by atoms with Crippen molar-refractivity contribution in [1.82, 2.24) is 5.32 Å². The maximum absolute atomic E-state index is 11.7. The van der Waals surface area contributed by atoms with Crippen molar-refractivity contribution in [2.24, 2.45) is 5.92 Å². The quantitative estimate of drug-likeness (QED) is 0.714. The second-order valence-corrected chi connectivity index (χ2v) is 6.57. The molecule has 0 spiro atoms. The van der Waals surface area contributed by atoms with Gasteiger partial charge in [-0.2, -0.15) is 0 Å². The van der Waals surface area contributed by atoms with Crippen LogP contribution in [0.2, 0.25) is 5.02 Å². The summed E-state index contributed by atoms with van der Waals surface area (Å²) in [5.74, 6) is -0.253. The van der Waals surface area contributed by atoms with Gasteiger partial charge < -0.3 is 14.8 Å². The molecule has 6 heteroatoms. The molecule has 0 fully saturated rings. The van der Waals surface area contributed by atoms with E-state index in [4.69, 9.17) is 21.1 Å². The second kappa shape index (κ2) is 9.82. The van der Waals surface area contributed by atoms with Gasteiger partial charge in [0, 0.05) is 6.54 Å². The minimum atomic E-state index is -0.632. The van der Waals surface area contributed by atoms with Gasteiger partial charge in [0.1, 0.15) is 5.75 Å². The van der Waals surface area contributed by atoms with E-state index in [9.17, 15) is 9.59 Å². The molecule has 0 saturated heterocycles. The van der Waals surface area contributed by atoms with Crippen molar-refractivity contribution < 1.29 is 19.1 Å². The molecule has 2 aromatic carbocycles. The predicted octanol–water partition coefficient (Wildman–Crippen LogP) is 3.70. The number of carbonyl (C=O) groups excluding carboxylic acids is 2. The summed E-state index contributed by atoms with van der Waals surface area (Å²) >= 11 is 6.22. The third-order valence-electron chi connectivity index (χ3n) is 3.46. The van der Waals surface area contributed by atoms with Crippen LogP contribution in [0.4, 0.5) is 0 Å². The van der Waals surface area contributed by atoms with Crippen molar-refractivity contribution in [3.8, 4) is 16.9 Å². The standard InChI is InChI=1S/C20H22ClNO4/c1-14(2)11-22-19(23)12-26-20(24)13-25-18-9-8-16(10-17(18)21)15-6-4-3-5-7-15/h3-10,14H,11-13H2,1-2H3,(H,22,23). The van der Waals surface area contributed by atoms with Crippen LogP contribution in [0.15, 0.2) is 48.5 Å². The first-order valence-electron chi connectivity index (χ1n) is 8.36. The molecule has 5 nitrogen and oxygen atoms in total. The molecular weight excluding hydrogens is 354 g/mol. The van der Waals surface area contributed by atoms with E-state index in [1.165, 1.54) is 0 Å².